The molecule has 0 radical (unpaired) electrons. The highest BCUT2D eigenvalue weighted by Gasteiger charge is 2.19. The van der Waals surface area contributed by atoms with Gasteiger partial charge in [0.2, 0.25) is 0 Å². The topological polar surface area (TPSA) is 15.3 Å². The molecule has 2 nitrogen and oxygen atoms in total. The van der Waals surface area contributed by atoms with Crippen LogP contribution in [0.3, 0.4) is 0 Å². The number of hydrogen-bond acceptors (Lipinski definition) is 2. The zero-order valence-electron chi connectivity index (χ0n) is 12.0. The summed E-state index contributed by atoms with van der Waals surface area (Å²) in [7, 11) is 0. The quantitative estimate of drug-likeness (QED) is 0.851. The van der Waals surface area contributed by atoms with E-state index in [2.05, 4.69) is 48.3 Å². The molecule has 1 aromatic rings. The molecule has 3 heteroatoms. The molecule has 0 bridgehead atoms. The fourth-order valence-corrected chi connectivity index (χ4v) is 3.10. The molecule has 1 fully saturated rings. The Balaban J connectivity index is 1.86. The normalized spacial score (nSPS) is 17.4. The summed E-state index contributed by atoms with van der Waals surface area (Å²) < 4.78 is 0. The zero-order chi connectivity index (χ0) is 13.7. The second kappa shape index (κ2) is 7.01. The summed E-state index contributed by atoms with van der Waals surface area (Å²) in [6.45, 7) is 7.99. The summed E-state index contributed by atoms with van der Waals surface area (Å²) in [6, 6.07) is 8.88. The molecule has 2 rings (SSSR count). The molecule has 0 aliphatic carbocycles. The minimum Gasteiger partial charge on any atom is -0.373 e. The van der Waals surface area contributed by atoms with Crippen LogP contribution in [0.1, 0.15) is 37.3 Å². The molecule has 1 aromatic carbocycles. The van der Waals surface area contributed by atoms with Crippen molar-refractivity contribution < 1.29 is 0 Å². The molecule has 1 aliphatic heterocycles. The van der Waals surface area contributed by atoms with Crippen LogP contribution in [0.2, 0.25) is 0 Å². The van der Waals surface area contributed by atoms with Crippen LogP contribution in [0.4, 0.5) is 0 Å². The van der Waals surface area contributed by atoms with Crippen molar-refractivity contribution in [2.75, 3.05) is 19.6 Å². The van der Waals surface area contributed by atoms with Gasteiger partial charge in [-0.05, 0) is 38.3 Å². The lowest BCUT2D eigenvalue weighted by Gasteiger charge is -2.32. The first kappa shape index (κ1) is 14.5. The largest absolute Gasteiger partial charge is 0.373 e. The Hall–Kier alpha value is -0.930. The van der Waals surface area contributed by atoms with Gasteiger partial charge in [0.25, 0.3) is 0 Å². The summed E-state index contributed by atoms with van der Waals surface area (Å²) in [5, 5.41) is 3.54. The third-order valence-electron chi connectivity index (χ3n) is 3.85. The highest BCUT2D eigenvalue weighted by atomic mass is 32.1. The number of nitrogens with one attached hydrogen (secondary N) is 1. The van der Waals surface area contributed by atoms with E-state index in [-0.39, 0.29) is 0 Å². The minimum absolute atomic E-state index is 0.542. The predicted molar refractivity (Wildman–Crippen MR) is 85.8 cm³/mol. The van der Waals surface area contributed by atoms with Crippen molar-refractivity contribution in [3.8, 4) is 0 Å². The maximum absolute atomic E-state index is 5.54. The Bertz CT molecular complexity index is 423. The standard InChI is InChI=1S/C16H24N2S/c1-3-10-18-11-8-14(9-12-18)17-16(19)15-7-5-4-6-13(15)2/h4-7,14H,3,8-12H2,1-2H3,(H,17,19). The van der Waals surface area contributed by atoms with Gasteiger partial charge in [-0.1, -0.05) is 43.4 Å². The molecule has 0 saturated carbocycles. The first-order valence-corrected chi connectivity index (χ1v) is 7.70. The molecule has 0 unspecified atom stereocenters. The number of hydrogen-bond donors (Lipinski definition) is 1. The van der Waals surface area contributed by atoms with E-state index in [1.54, 1.807) is 0 Å². The average Bonchev–Trinajstić information content (AvgIpc) is 2.42. The lowest BCUT2D eigenvalue weighted by atomic mass is 10.0. The van der Waals surface area contributed by atoms with Crippen LogP contribution in [-0.2, 0) is 0 Å². The van der Waals surface area contributed by atoms with Gasteiger partial charge in [-0.3, -0.25) is 0 Å². The second-order valence-electron chi connectivity index (χ2n) is 5.40. The molecular formula is C16H24N2S. The molecule has 1 saturated heterocycles. The van der Waals surface area contributed by atoms with Gasteiger partial charge in [-0.25, -0.2) is 0 Å². The van der Waals surface area contributed by atoms with Gasteiger partial charge in [0.15, 0.2) is 0 Å². The molecule has 0 spiro atoms. The van der Waals surface area contributed by atoms with Gasteiger partial charge in [0.1, 0.15) is 4.99 Å². The van der Waals surface area contributed by atoms with Crippen LogP contribution in [0, 0.1) is 6.92 Å². The number of likely N-dealkylation sites (tertiary alicyclic amines) is 1. The molecule has 1 N–H and O–H groups in total. The van der Waals surface area contributed by atoms with E-state index in [0.29, 0.717) is 6.04 Å². The van der Waals surface area contributed by atoms with Crippen LogP contribution >= 0.6 is 12.2 Å². The van der Waals surface area contributed by atoms with Crippen LogP contribution in [0.5, 0.6) is 0 Å². The first-order valence-electron chi connectivity index (χ1n) is 7.29. The molecule has 0 aromatic heterocycles. The summed E-state index contributed by atoms with van der Waals surface area (Å²) in [4.78, 5) is 3.46. The Morgan fingerprint density at radius 2 is 2.00 bits per heavy atom. The molecule has 0 atom stereocenters. The van der Waals surface area contributed by atoms with Crippen molar-refractivity contribution in [1.82, 2.24) is 10.2 Å². The number of aryl methyl sites for hydroxylation is 1. The highest BCUT2D eigenvalue weighted by molar-refractivity contribution is 7.80. The number of benzene rings is 1. The van der Waals surface area contributed by atoms with E-state index in [1.165, 1.54) is 50.0 Å². The molecule has 1 aliphatic rings. The van der Waals surface area contributed by atoms with Crippen molar-refractivity contribution in [1.29, 1.82) is 0 Å². The predicted octanol–water partition coefficient (Wildman–Crippen LogP) is 3.13. The van der Waals surface area contributed by atoms with E-state index in [1.807, 2.05) is 0 Å². The first-order chi connectivity index (χ1) is 9.20. The van der Waals surface area contributed by atoms with Crippen molar-refractivity contribution in [3.05, 3.63) is 35.4 Å². The number of thiocarbonyl (C=S) groups is 1. The third kappa shape index (κ3) is 4.02. The Morgan fingerprint density at radius 3 is 2.63 bits per heavy atom. The van der Waals surface area contributed by atoms with E-state index < -0.39 is 0 Å². The molecule has 104 valence electrons. The van der Waals surface area contributed by atoms with E-state index >= 15 is 0 Å². The monoisotopic (exact) mass is 276 g/mol. The van der Waals surface area contributed by atoms with Crippen LogP contribution in [0.15, 0.2) is 24.3 Å². The van der Waals surface area contributed by atoms with Gasteiger partial charge in [-0.2, -0.15) is 0 Å². The lowest BCUT2D eigenvalue weighted by Crippen LogP contribution is -2.44. The lowest BCUT2D eigenvalue weighted by molar-refractivity contribution is 0.207. The number of rotatable bonds is 4. The second-order valence-corrected chi connectivity index (χ2v) is 5.81. The van der Waals surface area contributed by atoms with Crippen molar-refractivity contribution >= 4 is 17.2 Å². The van der Waals surface area contributed by atoms with Gasteiger partial charge < -0.3 is 10.2 Å². The Labute approximate surface area is 122 Å². The van der Waals surface area contributed by atoms with Gasteiger partial charge in [0.05, 0.1) is 0 Å². The van der Waals surface area contributed by atoms with Gasteiger partial charge in [-0.15, -0.1) is 0 Å². The third-order valence-corrected chi connectivity index (χ3v) is 4.19. The van der Waals surface area contributed by atoms with Crippen molar-refractivity contribution in [2.24, 2.45) is 0 Å². The molecule has 1 heterocycles. The highest BCUT2D eigenvalue weighted by Crippen LogP contribution is 2.13. The molecular weight excluding hydrogens is 252 g/mol. The zero-order valence-corrected chi connectivity index (χ0v) is 12.8. The molecule has 19 heavy (non-hydrogen) atoms. The summed E-state index contributed by atoms with van der Waals surface area (Å²) >= 11 is 5.54. The average molecular weight is 276 g/mol. The fraction of sp³-hybridized carbons (Fsp3) is 0.562. The fourth-order valence-electron chi connectivity index (χ4n) is 2.71. The van der Waals surface area contributed by atoms with Gasteiger partial charge >= 0.3 is 0 Å². The van der Waals surface area contributed by atoms with Crippen LogP contribution in [0.25, 0.3) is 0 Å². The minimum atomic E-state index is 0.542. The Kier molecular flexibility index (Phi) is 5.34. The van der Waals surface area contributed by atoms with Crippen LogP contribution in [-0.4, -0.2) is 35.6 Å². The van der Waals surface area contributed by atoms with Crippen molar-refractivity contribution in [2.45, 2.75) is 39.2 Å². The molecule has 0 amide bonds. The maximum atomic E-state index is 5.54. The SMILES string of the molecule is CCCN1CCC(NC(=S)c2ccccc2C)CC1. The maximum Gasteiger partial charge on any atom is 0.107 e. The van der Waals surface area contributed by atoms with E-state index in [4.69, 9.17) is 12.2 Å². The number of piperidine rings is 1. The van der Waals surface area contributed by atoms with E-state index in [0.717, 1.165) is 4.99 Å². The van der Waals surface area contributed by atoms with Gasteiger partial charge in [0, 0.05) is 24.7 Å². The number of nitrogens with zero attached hydrogens (tertiary/aromatic N) is 1. The summed E-state index contributed by atoms with van der Waals surface area (Å²) in [5.41, 5.74) is 2.43. The van der Waals surface area contributed by atoms with Crippen LogP contribution < -0.4 is 5.32 Å². The van der Waals surface area contributed by atoms with E-state index in [9.17, 15) is 0 Å². The Morgan fingerprint density at radius 1 is 1.32 bits per heavy atom. The summed E-state index contributed by atoms with van der Waals surface area (Å²) in [5.74, 6) is 0. The van der Waals surface area contributed by atoms with Crippen molar-refractivity contribution in [3.63, 3.8) is 0 Å². The smallest absolute Gasteiger partial charge is 0.107 e. The summed E-state index contributed by atoms with van der Waals surface area (Å²) in [6.07, 6.45) is 3.65.